The van der Waals surface area contributed by atoms with E-state index in [2.05, 4.69) is 11.8 Å². The molecular weight excluding hydrogens is 206 g/mol. The molecule has 2 N–H and O–H groups in total. The number of methoxy groups -OCH3 is 2. The maximum Gasteiger partial charge on any atom is 0.129 e. The standard InChI is InChI=1S/C12H19NO3/c1-4-10-11(14-2)6-5-9(7-8-16-13)12(10)15-3/h5-6H,4,7-8,13H2,1-3H3. The monoisotopic (exact) mass is 225 g/mol. The summed E-state index contributed by atoms with van der Waals surface area (Å²) in [7, 11) is 3.33. The number of nitrogens with two attached hydrogens (primary N) is 1. The van der Waals surface area contributed by atoms with Crippen LogP contribution in [0.4, 0.5) is 0 Å². The Balaban J connectivity index is 3.10. The lowest BCUT2D eigenvalue weighted by Gasteiger charge is -2.15. The number of ether oxygens (including phenoxy) is 2. The van der Waals surface area contributed by atoms with Gasteiger partial charge in [0.1, 0.15) is 11.5 Å². The number of hydrogen-bond acceptors (Lipinski definition) is 4. The van der Waals surface area contributed by atoms with Crippen molar-refractivity contribution in [2.24, 2.45) is 5.90 Å². The van der Waals surface area contributed by atoms with E-state index in [0.717, 1.165) is 35.5 Å². The molecule has 0 unspecified atom stereocenters. The van der Waals surface area contributed by atoms with Crippen LogP contribution in [0.25, 0.3) is 0 Å². The van der Waals surface area contributed by atoms with Crippen molar-refractivity contribution in [1.82, 2.24) is 0 Å². The van der Waals surface area contributed by atoms with Gasteiger partial charge in [0.05, 0.1) is 20.8 Å². The Morgan fingerprint density at radius 2 is 1.94 bits per heavy atom. The second-order valence-corrected chi connectivity index (χ2v) is 3.41. The summed E-state index contributed by atoms with van der Waals surface area (Å²) >= 11 is 0. The minimum Gasteiger partial charge on any atom is -0.496 e. The van der Waals surface area contributed by atoms with Gasteiger partial charge in [-0.15, -0.1) is 0 Å². The maximum atomic E-state index is 5.43. The van der Waals surface area contributed by atoms with Gasteiger partial charge in [0, 0.05) is 12.0 Å². The largest absolute Gasteiger partial charge is 0.496 e. The fraction of sp³-hybridized carbons (Fsp3) is 0.500. The summed E-state index contributed by atoms with van der Waals surface area (Å²) in [4.78, 5) is 4.59. The zero-order valence-electron chi connectivity index (χ0n) is 10.1. The molecule has 4 nitrogen and oxygen atoms in total. The van der Waals surface area contributed by atoms with E-state index in [0.29, 0.717) is 6.61 Å². The highest BCUT2D eigenvalue weighted by atomic mass is 16.6. The second-order valence-electron chi connectivity index (χ2n) is 3.41. The Morgan fingerprint density at radius 1 is 1.19 bits per heavy atom. The predicted molar refractivity (Wildman–Crippen MR) is 62.8 cm³/mol. The van der Waals surface area contributed by atoms with Crippen molar-refractivity contribution < 1.29 is 14.3 Å². The third-order valence-electron chi connectivity index (χ3n) is 2.57. The lowest BCUT2D eigenvalue weighted by atomic mass is 10.0. The molecule has 0 saturated heterocycles. The molecule has 0 fully saturated rings. The van der Waals surface area contributed by atoms with Gasteiger partial charge in [-0.1, -0.05) is 13.0 Å². The average molecular weight is 225 g/mol. The summed E-state index contributed by atoms with van der Waals surface area (Å²) in [6.45, 7) is 2.55. The van der Waals surface area contributed by atoms with Crippen LogP contribution in [0.15, 0.2) is 12.1 Å². The smallest absolute Gasteiger partial charge is 0.129 e. The van der Waals surface area contributed by atoms with E-state index in [-0.39, 0.29) is 0 Å². The highest BCUT2D eigenvalue weighted by Gasteiger charge is 2.12. The third kappa shape index (κ3) is 2.65. The molecule has 0 spiro atoms. The zero-order chi connectivity index (χ0) is 12.0. The van der Waals surface area contributed by atoms with E-state index in [4.69, 9.17) is 15.4 Å². The Bertz CT molecular complexity index is 339. The van der Waals surface area contributed by atoms with E-state index in [1.54, 1.807) is 14.2 Å². The Kier molecular flexibility index (Phi) is 5.08. The van der Waals surface area contributed by atoms with E-state index in [1.807, 2.05) is 12.1 Å². The summed E-state index contributed by atoms with van der Waals surface area (Å²) in [5.41, 5.74) is 2.17. The molecule has 0 aliphatic carbocycles. The first-order valence-corrected chi connectivity index (χ1v) is 5.32. The van der Waals surface area contributed by atoms with Crippen molar-refractivity contribution in [3.8, 4) is 11.5 Å². The lowest BCUT2D eigenvalue weighted by molar-refractivity contribution is 0.140. The highest BCUT2D eigenvalue weighted by molar-refractivity contribution is 5.50. The molecule has 0 aliphatic rings. The zero-order valence-corrected chi connectivity index (χ0v) is 10.1. The van der Waals surface area contributed by atoms with Gasteiger partial charge in [0.25, 0.3) is 0 Å². The van der Waals surface area contributed by atoms with Gasteiger partial charge >= 0.3 is 0 Å². The number of rotatable bonds is 6. The topological polar surface area (TPSA) is 53.7 Å². The van der Waals surface area contributed by atoms with Crippen LogP contribution >= 0.6 is 0 Å². The van der Waals surface area contributed by atoms with Crippen LogP contribution in [0.3, 0.4) is 0 Å². The van der Waals surface area contributed by atoms with Crippen LogP contribution in [0.1, 0.15) is 18.1 Å². The SMILES string of the molecule is CCc1c(OC)ccc(CCON)c1OC. The molecule has 0 bridgehead atoms. The van der Waals surface area contributed by atoms with Gasteiger partial charge in [-0.3, -0.25) is 0 Å². The molecular formula is C12H19NO3. The highest BCUT2D eigenvalue weighted by Crippen LogP contribution is 2.32. The molecule has 1 aromatic carbocycles. The Hall–Kier alpha value is -1.26. The van der Waals surface area contributed by atoms with Gasteiger partial charge in [-0.25, -0.2) is 5.90 Å². The second kappa shape index (κ2) is 6.35. The molecule has 0 radical (unpaired) electrons. The quantitative estimate of drug-likeness (QED) is 0.749. The molecule has 0 saturated carbocycles. The minimum absolute atomic E-state index is 0.478. The molecule has 0 heterocycles. The summed E-state index contributed by atoms with van der Waals surface area (Å²) in [5, 5.41) is 0. The first-order chi connectivity index (χ1) is 7.78. The molecule has 0 atom stereocenters. The van der Waals surface area contributed by atoms with Crippen molar-refractivity contribution in [2.45, 2.75) is 19.8 Å². The molecule has 4 heteroatoms. The van der Waals surface area contributed by atoms with Crippen LogP contribution in [0.5, 0.6) is 11.5 Å². The van der Waals surface area contributed by atoms with Crippen LogP contribution in [-0.4, -0.2) is 20.8 Å². The number of benzene rings is 1. The fourth-order valence-corrected chi connectivity index (χ4v) is 1.80. The van der Waals surface area contributed by atoms with Crippen LogP contribution in [-0.2, 0) is 17.7 Å². The number of hydrogen-bond donors (Lipinski definition) is 1. The molecule has 16 heavy (non-hydrogen) atoms. The lowest BCUT2D eigenvalue weighted by Crippen LogP contribution is -2.06. The first kappa shape index (κ1) is 12.8. The van der Waals surface area contributed by atoms with E-state index in [1.165, 1.54) is 0 Å². The van der Waals surface area contributed by atoms with E-state index in [9.17, 15) is 0 Å². The summed E-state index contributed by atoms with van der Waals surface area (Å²) < 4.78 is 10.7. The summed E-state index contributed by atoms with van der Waals surface area (Å²) in [6, 6.07) is 3.93. The van der Waals surface area contributed by atoms with Gasteiger partial charge in [0.15, 0.2) is 0 Å². The molecule has 0 amide bonds. The van der Waals surface area contributed by atoms with Gasteiger partial charge < -0.3 is 14.3 Å². The minimum atomic E-state index is 0.478. The van der Waals surface area contributed by atoms with Crippen molar-refractivity contribution in [3.05, 3.63) is 23.3 Å². The van der Waals surface area contributed by atoms with Crippen molar-refractivity contribution in [2.75, 3.05) is 20.8 Å². The normalized spacial score (nSPS) is 10.2. The van der Waals surface area contributed by atoms with Crippen molar-refractivity contribution in [3.63, 3.8) is 0 Å². The predicted octanol–water partition coefficient (Wildman–Crippen LogP) is 1.70. The van der Waals surface area contributed by atoms with E-state index >= 15 is 0 Å². The molecule has 90 valence electrons. The third-order valence-corrected chi connectivity index (χ3v) is 2.57. The molecule has 0 aromatic heterocycles. The maximum absolute atomic E-state index is 5.43. The van der Waals surface area contributed by atoms with Crippen LogP contribution in [0, 0.1) is 0 Å². The molecule has 0 aliphatic heterocycles. The van der Waals surface area contributed by atoms with Crippen molar-refractivity contribution in [1.29, 1.82) is 0 Å². The Morgan fingerprint density at radius 3 is 2.44 bits per heavy atom. The fourth-order valence-electron chi connectivity index (χ4n) is 1.80. The van der Waals surface area contributed by atoms with Crippen LogP contribution in [0.2, 0.25) is 0 Å². The first-order valence-electron chi connectivity index (χ1n) is 5.32. The van der Waals surface area contributed by atoms with Crippen molar-refractivity contribution >= 4 is 0 Å². The van der Waals surface area contributed by atoms with Gasteiger partial charge in [0.2, 0.25) is 0 Å². The van der Waals surface area contributed by atoms with Gasteiger partial charge in [-0.05, 0) is 18.1 Å². The average Bonchev–Trinajstić information content (AvgIpc) is 2.34. The molecule has 1 aromatic rings. The summed E-state index contributed by atoms with van der Waals surface area (Å²) in [6.07, 6.45) is 1.60. The van der Waals surface area contributed by atoms with Crippen LogP contribution < -0.4 is 15.4 Å². The van der Waals surface area contributed by atoms with E-state index < -0.39 is 0 Å². The molecule has 1 rings (SSSR count). The Labute approximate surface area is 96.3 Å². The summed E-state index contributed by atoms with van der Waals surface area (Å²) in [5.74, 6) is 6.76. The van der Waals surface area contributed by atoms with Gasteiger partial charge in [-0.2, -0.15) is 0 Å².